The maximum Gasteiger partial charge on any atom is 0.339 e. The molecule has 0 fully saturated rings. The Bertz CT molecular complexity index is 667. The van der Waals surface area contributed by atoms with Gasteiger partial charge >= 0.3 is 5.97 Å². The van der Waals surface area contributed by atoms with Crippen LogP contribution in [0.5, 0.6) is 11.5 Å². The van der Waals surface area contributed by atoms with E-state index >= 15 is 0 Å². The largest absolute Gasteiger partial charge is 0.493 e. The van der Waals surface area contributed by atoms with Crippen molar-refractivity contribution in [3.8, 4) is 11.5 Å². The van der Waals surface area contributed by atoms with Gasteiger partial charge in [0.1, 0.15) is 12.2 Å². The van der Waals surface area contributed by atoms with Gasteiger partial charge in [-0.1, -0.05) is 29.8 Å². The Morgan fingerprint density at radius 2 is 2.05 bits per heavy atom. The Morgan fingerprint density at radius 1 is 1.29 bits per heavy atom. The third-order valence-corrected chi connectivity index (χ3v) is 3.36. The Morgan fingerprint density at radius 3 is 2.67 bits per heavy atom. The Labute approximate surface area is 127 Å². The van der Waals surface area contributed by atoms with Crippen molar-refractivity contribution in [2.45, 2.75) is 13.5 Å². The highest BCUT2D eigenvalue weighted by Gasteiger charge is 2.16. The summed E-state index contributed by atoms with van der Waals surface area (Å²) in [5, 5.41) is 9.80. The van der Waals surface area contributed by atoms with E-state index in [0.717, 1.165) is 11.1 Å². The maximum absolute atomic E-state index is 11.3. The SMILES string of the molecule is COc1cccc(C(=O)O)c1OCc1ccc(C)cc1Cl. The van der Waals surface area contributed by atoms with Gasteiger partial charge < -0.3 is 14.6 Å². The number of carboxylic acid groups (broad SMARTS) is 1. The first-order chi connectivity index (χ1) is 10.0. The van der Waals surface area contributed by atoms with Crippen molar-refractivity contribution >= 4 is 17.6 Å². The molecule has 110 valence electrons. The topological polar surface area (TPSA) is 55.8 Å². The molecule has 4 nitrogen and oxygen atoms in total. The molecule has 2 rings (SSSR count). The van der Waals surface area contributed by atoms with Gasteiger partial charge in [0.05, 0.1) is 7.11 Å². The zero-order chi connectivity index (χ0) is 15.4. The summed E-state index contributed by atoms with van der Waals surface area (Å²) >= 11 is 6.14. The fraction of sp³-hybridized carbons (Fsp3) is 0.188. The molecular formula is C16H15ClO4. The highest BCUT2D eigenvalue weighted by atomic mass is 35.5. The standard InChI is InChI=1S/C16H15ClO4/c1-10-6-7-11(13(17)8-10)9-21-15-12(16(18)19)4-3-5-14(15)20-2/h3-8H,9H2,1-2H3,(H,18,19). The molecule has 0 aliphatic rings. The van der Waals surface area contributed by atoms with Gasteiger partial charge in [-0.15, -0.1) is 0 Å². The molecule has 2 aromatic rings. The summed E-state index contributed by atoms with van der Waals surface area (Å²) in [4.78, 5) is 11.3. The molecule has 1 N–H and O–H groups in total. The Kier molecular flexibility index (Phi) is 4.70. The number of carboxylic acids is 1. The van der Waals surface area contributed by atoms with Crippen LogP contribution in [0.1, 0.15) is 21.5 Å². The van der Waals surface area contributed by atoms with Gasteiger partial charge in [0.25, 0.3) is 0 Å². The summed E-state index contributed by atoms with van der Waals surface area (Å²) in [5.74, 6) is -0.499. The van der Waals surface area contributed by atoms with Crippen LogP contribution in [-0.2, 0) is 6.61 Å². The van der Waals surface area contributed by atoms with Crippen LogP contribution in [0, 0.1) is 6.92 Å². The minimum Gasteiger partial charge on any atom is -0.493 e. The summed E-state index contributed by atoms with van der Waals surface area (Å²) in [6.07, 6.45) is 0. The van der Waals surface area contributed by atoms with E-state index in [-0.39, 0.29) is 17.9 Å². The van der Waals surface area contributed by atoms with Crippen molar-refractivity contribution in [1.29, 1.82) is 0 Å². The molecule has 0 saturated carbocycles. The summed E-state index contributed by atoms with van der Waals surface area (Å²) in [5.41, 5.74) is 1.88. The molecule has 0 aliphatic carbocycles. The van der Waals surface area contributed by atoms with E-state index in [9.17, 15) is 9.90 Å². The van der Waals surface area contributed by atoms with Crippen LogP contribution in [0.2, 0.25) is 5.02 Å². The molecular weight excluding hydrogens is 292 g/mol. The number of rotatable bonds is 5. The highest BCUT2D eigenvalue weighted by Crippen LogP contribution is 2.32. The number of carbonyl (C=O) groups is 1. The second-order valence-corrected chi connectivity index (χ2v) is 4.93. The first-order valence-electron chi connectivity index (χ1n) is 6.31. The van der Waals surface area contributed by atoms with Crippen molar-refractivity contribution in [2.75, 3.05) is 7.11 Å². The molecule has 0 radical (unpaired) electrons. The number of methoxy groups -OCH3 is 1. The van der Waals surface area contributed by atoms with Crippen LogP contribution in [0.4, 0.5) is 0 Å². The van der Waals surface area contributed by atoms with E-state index in [1.165, 1.54) is 13.2 Å². The molecule has 21 heavy (non-hydrogen) atoms. The zero-order valence-electron chi connectivity index (χ0n) is 11.7. The number of hydrogen-bond acceptors (Lipinski definition) is 3. The predicted octanol–water partition coefficient (Wildman–Crippen LogP) is 3.93. The first-order valence-corrected chi connectivity index (χ1v) is 6.69. The van der Waals surface area contributed by atoms with Crippen molar-refractivity contribution in [2.24, 2.45) is 0 Å². The van der Waals surface area contributed by atoms with Crippen LogP contribution < -0.4 is 9.47 Å². The molecule has 0 heterocycles. The predicted molar refractivity (Wildman–Crippen MR) is 80.5 cm³/mol. The van der Waals surface area contributed by atoms with Gasteiger partial charge in [0, 0.05) is 10.6 Å². The van der Waals surface area contributed by atoms with Crippen LogP contribution in [0.15, 0.2) is 36.4 Å². The molecule has 0 amide bonds. The average molecular weight is 307 g/mol. The van der Waals surface area contributed by atoms with Gasteiger partial charge in [0.15, 0.2) is 11.5 Å². The van der Waals surface area contributed by atoms with Crippen LogP contribution in [0.25, 0.3) is 0 Å². The number of para-hydroxylation sites is 1. The summed E-state index contributed by atoms with van der Waals surface area (Å²) in [6.45, 7) is 2.11. The normalized spacial score (nSPS) is 10.2. The van der Waals surface area contributed by atoms with Gasteiger partial charge in [-0.25, -0.2) is 4.79 Å². The lowest BCUT2D eigenvalue weighted by Gasteiger charge is -2.14. The van der Waals surface area contributed by atoms with Crippen molar-refractivity contribution in [3.63, 3.8) is 0 Å². The third kappa shape index (κ3) is 3.47. The number of aryl methyl sites for hydroxylation is 1. The van der Waals surface area contributed by atoms with Crippen molar-refractivity contribution < 1.29 is 19.4 Å². The molecule has 0 atom stereocenters. The van der Waals surface area contributed by atoms with Gasteiger partial charge in [-0.05, 0) is 30.7 Å². The number of ether oxygens (including phenoxy) is 2. The van der Waals surface area contributed by atoms with E-state index in [2.05, 4.69) is 0 Å². The molecule has 0 spiro atoms. The number of hydrogen-bond donors (Lipinski definition) is 1. The minimum atomic E-state index is -1.07. The number of aromatic carboxylic acids is 1. The van der Waals surface area contributed by atoms with Crippen molar-refractivity contribution in [3.05, 3.63) is 58.1 Å². The minimum absolute atomic E-state index is 0.0533. The monoisotopic (exact) mass is 306 g/mol. The second-order valence-electron chi connectivity index (χ2n) is 4.53. The summed E-state index contributed by atoms with van der Waals surface area (Å²) < 4.78 is 10.8. The van der Waals surface area contributed by atoms with E-state index in [1.807, 2.05) is 25.1 Å². The molecule has 0 bridgehead atoms. The molecule has 0 saturated heterocycles. The van der Waals surface area contributed by atoms with Crippen LogP contribution in [0.3, 0.4) is 0 Å². The molecule has 5 heteroatoms. The lowest BCUT2D eigenvalue weighted by molar-refractivity contribution is 0.0691. The molecule has 0 aliphatic heterocycles. The van der Waals surface area contributed by atoms with E-state index in [1.54, 1.807) is 12.1 Å². The maximum atomic E-state index is 11.3. The fourth-order valence-corrected chi connectivity index (χ4v) is 2.20. The van der Waals surface area contributed by atoms with E-state index in [4.69, 9.17) is 21.1 Å². The molecule has 2 aromatic carbocycles. The van der Waals surface area contributed by atoms with Gasteiger partial charge in [-0.3, -0.25) is 0 Å². The second kappa shape index (κ2) is 6.50. The van der Waals surface area contributed by atoms with Crippen LogP contribution in [-0.4, -0.2) is 18.2 Å². The molecule has 0 unspecified atom stereocenters. The summed E-state index contributed by atoms with van der Waals surface area (Å²) in [7, 11) is 1.46. The average Bonchev–Trinajstić information content (AvgIpc) is 2.45. The molecule has 0 aromatic heterocycles. The van der Waals surface area contributed by atoms with E-state index in [0.29, 0.717) is 10.8 Å². The van der Waals surface area contributed by atoms with E-state index < -0.39 is 5.97 Å². The highest BCUT2D eigenvalue weighted by molar-refractivity contribution is 6.31. The quantitative estimate of drug-likeness (QED) is 0.909. The third-order valence-electron chi connectivity index (χ3n) is 3.01. The van der Waals surface area contributed by atoms with Gasteiger partial charge in [0.2, 0.25) is 0 Å². The lowest BCUT2D eigenvalue weighted by atomic mass is 10.1. The zero-order valence-corrected chi connectivity index (χ0v) is 12.5. The number of benzene rings is 2. The van der Waals surface area contributed by atoms with Crippen LogP contribution >= 0.6 is 11.6 Å². The Hall–Kier alpha value is -2.20. The van der Waals surface area contributed by atoms with Crippen molar-refractivity contribution in [1.82, 2.24) is 0 Å². The lowest BCUT2D eigenvalue weighted by Crippen LogP contribution is -2.05. The Balaban J connectivity index is 2.28. The van der Waals surface area contributed by atoms with Gasteiger partial charge in [-0.2, -0.15) is 0 Å². The fourth-order valence-electron chi connectivity index (χ4n) is 1.91. The summed E-state index contributed by atoms with van der Waals surface area (Å²) in [6, 6.07) is 10.3. The smallest absolute Gasteiger partial charge is 0.339 e. The first kappa shape index (κ1) is 15.2. The number of halogens is 1.